The Labute approximate surface area is 288 Å². The van der Waals surface area contributed by atoms with Gasteiger partial charge in [-0.15, -0.1) is 0 Å². The van der Waals surface area contributed by atoms with E-state index < -0.39 is 0 Å². The third-order valence-electron chi connectivity index (χ3n) is 13.9. The fourth-order valence-electron chi connectivity index (χ4n) is 11.2. The van der Waals surface area contributed by atoms with E-state index >= 15 is 0 Å². The molecule has 4 fully saturated rings. The molecule has 46 heavy (non-hydrogen) atoms. The molecular formula is C43H68ClN2+. The maximum Gasteiger partial charge on any atom is 0.182 e. The Morgan fingerprint density at radius 3 is 2.09 bits per heavy atom. The van der Waals surface area contributed by atoms with Crippen LogP contribution in [-0.2, 0) is 0 Å². The second kappa shape index (κ2) is 13.9. The van der Waals surface area contributed by atoms with Crippen molar-refractivity contribution in [1.82, 2.24) is 4.90 Å². The van der Waals surface area contributed by atoms with Crippen LogP contribution < -0.4 is 0 Å². The van der Waals surface area contributed by atoms with Crippen LogP contribution in [0.15, 0.2) is 46.2 Å². The standard InChI is InChI=1S/C43H68ClN2/c1-29(2)25-27-45-37-19-13-11-17-35(37)42(5,6)39(45)23-21-33-31-15-9-10-16-32(31)34(41(33)44)22-24-40-43(7,8)36-18-12-14-20-38(36)46(40)28-26-30(3)4/h21-24,29-32,35-38H,9-20,25-28H2,1-8H3/q+1. The zero-order valence-electron chi connectivity index (χ0n) is 31.0. The van der Waals surface area contributed by atoms with Crippen molar-refractivity contribution in [1.29, 1.82) is 0 Å². The smallest absolute Gasteiger partial charge is 0.182 e. The number of rotatable bonds is 9. The number of halogens is 1. The molecule has 3 saturated carbocycles. The molecule has 0 radical (unpaired) electrons. The fourth-order valence-corrected chi connectivity index (χ4v) is 11.6. The van der Waals surface area contributed by atoms with Gasteiger partial charge in [0.25, 0.3) is 0 Å². The summed E-state index contributed by atoms with van der Waals surface area (Å²) < 4.78 is 2.86. The molecule has 0 amide bonds. The highest BCUT2D eigenvalue weighted by Gasteiger charge is 2.54. The van der Waals surface area contributed by atoms with Gasteiger partial charge in [-0.1, -0.05) is 97.4 Å². The van der Waals surface area contributed by atoms with E-state index in [0.717, 1.165) is 40.8 Å². The Kier molecular flexibility index (Phi) is 10.5. The van der Waals surface area contributed by atoms with E-state index in [4.69, 9.17) is 11.6 Å². The van der Waals surface area contributed by atoms with Gasteiger partial charge in [-0.05, 0) is 106 Å². The monoisotopic (exact) mass is 648 g/mol. The molecule has 0 spiro atoms. The molecule has 4 aliphatic carbocycles. The Morgan fingerprint density at radius 2 is 1.37 bits per heavy atom. The first kappa shape index (κ1) is 34.6. The summed E-state index contributed by atoms with van der Waals surface area (Å²) in [6.45, 7) is 22.1. The van der Waals surface area contributed by atoms with Crippen molar-refractivity contribution in [3.05, 3.63) is 46.2 Å². The average Bonchev–Trinajstić information content (AvgIpc) is 3.51. The molecule has 0 aromatic carbocycles. The van der Waals surface area contributed by atoms with E-state index in [1.54, 1.807) is 11.4 Å². The van der Waals surface area contributed by atoms with Gasteiger partial charge >= 0.3 is 0 Å². The number of fused-ring (bicyclic) bond motifs is 3. The van der Waals surface area contributed by atoms with Crippen LogP contribution in [0.4, 0.5) is 0 Å². The van der Waals surface area contributed by atoms with Crippen molar-refractivity contribution in [3.8, 4) is 0 Å². The Bertz CT molecular complexity index is 1270. The number of allylic oxidation sites excluding steroid dienone is 8. The average molecular weight is 648 g/mol. The van der Waals surface area contributed by atoms with Crippen LogP contribution in [0.5, 0.6) is 0 Å². The number of nitrogens with zero attached hydrogens (tertiary/aromatic N) is 2. The lowest BCUT2D eigenvalue weighted by atomic mass is 9.69. The minimum atomic E-state index is 0.226. The fraction of sp³-hybridized carbons (Fsp3) is 0.791. The lowest BCUT2D eigenvalue weighted by Gasteiger charge is -2.34. The third-order valence-corrected chi connectivity index (χ3v) is 14.3. The highest BCUT2D eigenvalue weighted by molar-refractivity contribution is 6.33. The van der Waals surface area contributed by atoms with Crippen molar-refractivity contribution < 1.29 is 4.58 Å². The molecule has 0 aromatic heterocycles. The van der Waals surface area contributed by atoms with E-state index in [1.807, 2.05) is 0 Å². The van der Waals surface area contributed by atoms with Crippen LogP contribution in [0.1, 0.15) is 145 Å². The third kappa shape index (κ3) is 6.41. The van der Waals surface area contributed by atoms with Gasteiger partial charge in [0.05, 0.1) is 5.41 Å². The molecule has 6 unspecified atom stereocenters. The summed E-state index contributed by atoms with van der Waals surface area (Å²) in [6.07, 6.45) is 29.0. The number of hydrogen-bond acceptors (Lipinski definition) is 1. The lowest BCUT2D eigenvalue weighted by molar-refractivity contribution is -0.567. The second-order valence-corrected chi connectivity index (χ2v) is 18.6. The van der Waals surface area contributed by atoms with Gasteiger partial charge in [0, 0.05) is 53.6 Å². The summed E-state index contributed by atoms with van der Waals surface area (Å²) in [5.74, 6) is 4.20. The maximum absolute atomic E-state index is 7.55. The molecule has 3 heteroatoms. The predicted molar refractivity (Wildman–Crippen MR) is 198 cm³/mol. The number of likely N-dealkylation sites (tertiary alicyclic amines) is 1. The Morgan fingerprint density at radius 1 is 0.739 bits per heavy atom. The van der Waals surface area contributed by atoms with Crippen LogP contribution in [0.2, 0.25) is 0 Å². The van der Waals surface area contributed by atoms with Crippen molar-refractivity contribution in [2.45, 2.75) is 157 Å². The van der Waals surface area contributed by atoms with E-state index in [2.05, 4.69) is 89.2 Å². The molecule has 0 bridgehead atoms. The van der Waals surface area contributed by atoms with E-state index in [-0.39, 0.29) is 10.8 Å². The maximum atomic E-state index is 7.55. The highest BCUT2D eigenvalue weighted by Crippen LogP contribution is 2.55. The van der Waals surface area contributed by atoms with Gasteiger partial charge < -0.3 is 4.90 Å². The SMILES string of the molecule is CC(C)CCN1/C(=C/C=C2C(Cl)=C(/C=C/C3=[N+](CCC(C)C)C4CCCCC4C3(C)C)C3CCCCC/23)C(C)(C)C2CCCCC21. The summed E-state index contributed by atoms with van der Waals surface area (Å²) >= 11 is 7.55. The van der Waals surface area contributed by atoms with Crippen LogP contribution in [-0.4, -0.2) is 40.4 Å². The first-order chi connectivity index (χ1) is 21.9. The largest absolute Gasteiger partial charge is 0.371 e. The normalized spacial score (nSPS) is 35.8. The zero-order valence-corrected chi connectivity index (χ0v) is 31.8. The summed E-state index contributed by atoms with van der Waals surface area (Å²) in [7, 11) is 0. The van der Waals surface area contributed by atoms with E-state index in [9.17, 15) is 0 Å². The summed E-state index contributed by atoms with van der Waals surface area (Å²) in [5, 5.41) is 1.08. The van der Waals surface area contributed by atoms with Crippen LogP contribution >= 0.6 is 11.6 Å². The van der Waals surface area contributed by atoms with E-state index in [1.165, 1.54) is 114 Å². The molecule has 2 nitrogen and oxygen atoms in total. The topological polar surface area (TPSA) is 6.25 Å². The van der Waals surface area contributed by atoms with Crippen molar-refractivity contribution in [2.75, 3.05) is 13.1 Å². The summed E-state index contributed by atoms with van der Waals surface area (Å²) in [6, 6.07) is 1.44. The van der Waals surface area contributed by atoms with Crippen LogP contribution in [0.25, 0.3) is 0 Å². The zero-order chi connectivity index (χ0) is 32.8. The van der Waals surface area contributed by atoms with Crippen molar-refractivity contribution >= 4 is 17.3 Å². The molecule has 2 aliphatic heterocycles. The van der Waals surface area contributed by atoms with Gasteiger partial charge in [0.15, 0.2) is 11.8 Å². The molecule has 6 rings (SSSR count). The van der Waals surface area contributed by atoms with Gasteiger partial charge in [-0.2, -0.15) is 0 Å². The highest BCUT2D eigenvalue weighted by atomic mass is 35.5. The van der Waals surface area contributed by atoms with Crippen LogP contribution in [0, 0.1) is 46.3 Å². The quantitative estimate of drug-likeness (QED) is 0.226. The minimum Gasteiger partial charge on any atom is -0.371 e. The molecule has 1 saturated heterocycles. The van der Waals surface area contributed by atoms with Gasteiger partial charge in [-0.3, -0.25) is 0 Å². The van der Waals surface area contributed by atoms with E-state index in [0.29, 0.717) is 11.8 Å². The van der Waals surface area contributed by atoms with Gasteiger partial charge in [0.1, 0.15) is 6.54 Å². The lowest BCUT2D eigenvalue weighted by Crippen LogP contribution is -2.35. The Hall–Kier alpha value is -1.28. The second-order valence-electron chi connectivity index (χ2n) is 18.3. The molecule has 0 N–H and O–H groups in total. The number of hydrogen-bond donors (Lipinski definition) is 0. The summed E-state index contributed by atoms with van der Waals surface area (Å²) in [5.41, 5.74) is 6.51. The van der Waals surface area contributed by atoms with Gasteiger partial charge in [0.2, 0.25) is 0 Å². The molecular weight excluding hydrogens is 580 g/mol. The van der Waals surface area contributed by atoms with Crippen molar-refractivity contribution in [2.24, 2.45) is 46.3 Å². The Balaban J connectivity index is 1.36. The first-order valence-electron chi connectivity index (χ1n) is 19.8. The molecule has 6 atom stereocenters. The molecule has 256 valence electrons. The summed E-state index contributed by atoms with van der Waals surface area (Å²) in [4.78, 5) is 2.86. The first-order valence-corrected chi connectivity index (χ1v) is 20.2. The predicted octanol–water partition coefficient (Wildman–Crippen LogP) is 11.7. The van der Waals surface area contributed by atoms with Crippen molar-refractivity contribution in [3.63, 3.8) is 0 Å². The van der Waals surface area contributed by atoms with Crippen LogP contribution in [0.3, 0.4) is 0 Å². The molecule has 2 heterocycles. The minimum absolute atomic E-state index is 0.226. The van der Waals surface area contributed by atoms with Gasteiger partial charge in [-0.25, -0.2) is 4.58 Å². The molecule has 6 aliphatic rings. The molecule has 0 aromatic rings.